The summed E-state index contributed by atoms with van der Waals surface area (Å²) in [6.07, 6.45) is 5.21. The Morgan fingerprint density at radius 2 is 2.20 bits per heavy atom. The van der Waals surface area contributed by atoms with Crippen molar-refractivity contribution in [3.8, 4) is 11.5 Å². The molecule has 7 nitrogen and oxygen atoms in total. The van der Waals surface area contributed by atoms with Crippen molar-refractivity contribution in [3.63, 3.8) is 0 Å². The highest BCUT2D eigenvalue weighted by Gasteiger charge is 2.15. The fraction of sp³-hybridized carbons (Fsp3) is 0.176. The monoisotopic (exact) mass is 357 g/mol. The van der Waals surface area contributed by atoms with Crippen molar-refractivity contribution in [2.45, 2.75) is 11.7 Å². The minimum Gasteiger partial charge on any atom is -0.467 e. The fourth-order valence-corrected chi connectivity index (χ4v) is 3.19. The molecule has 0 atom stereocenters. The van der Waals surface area contributed by atoms with E-state index in [1.807, 2.05) is 22.9 Å². The predicted molar refractivity (Wildman–Crippen MR) is 92.0 cm³/mol. The van der Waals surface area contributed by atoms with Gasteiger partial charge in [-0.2, -0.15) is 0 Å². The van der Waals surface area contributed by atoms with Crippen LogP contribution in [0.25, 0.3) is 0 Å². The SMILES string of the molecule is O=C(CSc1nccn1Cc1ccco1)Nc1ccc2c(c1)OCO2. The van der Waals surface area contributed by atoms with Gasteiger partial charge in [0.1, 0.15) is 5.76 Å². The Morgan fingerprint density at radius 1 is 1.28 bits per heavy atom. The number of fused-ring (bicyclic) bond motifs is 1. The topological polar surface area (TPSA) is 78.5 Å². The first-order valence-corrected chi connectivity index (χ1v) is 8.62. The molecule has 0 fully saturated rings. The average Bonchev–Trinajstić information content (AvgIpc) is 3.35. The van der Waals surface area contributed by atoms with E-state index in [0.29, 0.717) is 23.7 Å². The van der Waals surface area contributed by atoms with Crippen LogP contribution < -0.4 is 14.8 Å². The van der Waals surface area contributed by atoms with E-state index in [-0.39, 0.29) is 18.5 Å². The van der Waals surface area contributed by atoms with Gasteiger partial charge in [0.05, 0.1) is 18.6 Å². The van der Waals surface area contributed by atoms with Crippen LogP contribution in [0.3, 0.4) is 0 Å². The van der Waals surface area contributed by atoms with Crippen molar-refractivity contribution < 1.29 is 18.7 Å². The minimum absolute atomic E-state index is 0.114. The first-order valence-electron chi connectivity index (χ1n) is 7.64. The molecule has 1 aromatic carbocycles. The van der Waals surface area contributed by atoms with Gasteiger partial charge < -0.3 is 23.8 Å². The highest BCUT2D eigenvalue weighted by molar-refractivity contribution is 7.99. The van der Waals surface area contributed by atoms with Gasteiger partial charge in [-0.1, -0.05) is 11.8 Å². The van der Waals surface area contributed by atoms with E-state index in [9.17, 15) is 4.79 Å². The molecule has 0 saturated carbocycles. The van der Waals surface area contributed by atoms with Crippen molar-refractivity contribution in [3.05, 3.63) is 54.7 Å². The smallest absolute Gasteiger partial charge is 0.234 e. The van der Waals surface area contributed by atoms with Crippen LogP contribution in [0, 0.1) is 0 Å². The van der Waals surface area contributed by atoms with Crippen LogP contribution in [0.2, 0.25) is 0 Å². The maximum Gasteiger partial charge on any atom is 0.234 e. The molecule has 1 aliphatic heterocycles. The molecule has 0 bridgehead atoms. The molecule has 0 spiro atoms. The normalized spacial score (nSPS) is 12.3. The third-order valence-corrected chi connectivity index (χ3v) is 4.58. The van der Waals surface area contributed by atoms with Crippen molar-refractivity contribution in [1.82, 2.24) is 9.55 Å². The van der Waals surface area contributed by atoms with Crippen LogP contribution >= 0.6 is 11.8 Å². The standard InChI is InChI=1S/C17H15N3O4S/c21-16(19-12-3-4-14-15(8-12)24-11-23-14)10-25-17-18-5-6-20(17)9-13-2-1-7-22-13/h1-8H,9-11H2,(H,19,21). The maximum atomic E-state index is 12.2. The number of carbonyl (C=O) groups is 1. The van der Waals surface area contributed by atoms with E-state index in [1.54, 1.807) is 30.7 Å². The maximum absolute atomic E-state index is 12.2. The number of imidazole rings is 1. The molecule has 128 valence electrons. The van der Waals surface area contributed by atoms with E-state index < -0.39 is 0 Å². The molecule has 2 aromatic heterocycles. The van der Waals surface area contributed by atoms with Gasteiger partial charge in [-0.05, 0) is 24.3 Å². The van der Waals surface area contributed by atoms with Crippen LogP contribution in [-0.2, 0) is 11.3 Å². The summed E-state index contributed by atoms with van der Waals surface area (Å²) in [5.74, 6) is 2.30. The third kappa shape index (κ3) is 3.63. The number of carbonyl (C=O) groups excluding carboxylic acids is 1. The first-order chi connectivity index (χ1) is 12.3. The van der Waals surface area contributed by atoms with Gasteiger partial charge >= 0.3 is 0 Å². The Bertz CT molecular complexity index is 876. The number of benzene rings is 1. The Hall–Kier alpha value is -2.87. The number of rotatable bonds is 6. The molecule has 25 heavy (non-hydrogen) atoms. The van der Waals surface area contributed by atoms with Gasteiger partial charge in [-0.15, -0.1) is 0 Å². The van der Waals surface area contributed by atoms with Crippen LogP contribution in [0.1, 0.15) is 5.76 Å². The number of amides is 1. The number of nitrogens with one attached hydrogen (secondary N) is 1. The summed E-state index contributed by atoms with van der Waals surface area (Å²) in [5.41, 5.74) is 0.675. The Balaban J connectivity index is 1.34. The van der Waals surface area contributed by atoms with E-state index in [0.717, 1.165) is 10.9 Å². The van der Waals surface area contributed by atoms with Gasteiger partial charge in [0.25, 0.3) is 0 Å². The fourth-order valence-electron chi connectivity index (χ4n) is 2.43. The van der Waals surface area contributed by atoms with Crippen molar-refractivity contribution in [1.29, 1.82) is 0 Å². The molecule has 0 saturated heterocycles. The van der Waals surface area contributed by atoms with E-state index in [2.05, 4.69) is 10.3 Å². The molecule has 4 rings (SSSR count). The number of anilines is 1. The summed E-state index contributed by atoms with van der Waals surface area (Å²) in [4.78, 5) is 16.5. The third-order valence-electron chi connectivity index (χ3n) is 3.57. The first kappa shape index (κ1) is 15.6. The molecule has 3 heterocycles. The van der Waals surface area contributed by atoms with Crippen LogP contribution in [-0.4, -0.2) is 28.0 Å². The molecule has 0 aliphatic carbocycles. The van der Waals surface area contributed by atoms with E-state index in [1.165, 1.54) is 11.8 Å². The summed E-state index contributed by atoms with van der Waals surface area (Å²) in [5, 5.41) is 3.61. The number of furan rings is 1. The van der Waals surface area contributed by atoms with Gasteiger partial charge in [0.2, 0.25) is 12.7 Å². The van der Waals surface area contributed by atoms with Gasteiger partial charge in [0, 0.05) is 24.1 Å². The lowest BCUT2D eigenvalue weighted by molar-refractivity contribution is -0.113. The summed E-state index contributed by atoms with van der Waals surface area (Å²) in [6, 6.07) is 9.07. The lowest BCUT2D eigenvalue weighted by atomic mass is 10.3. The summed E-state index contributed by atoms with van der Waals surface area (Å²) < 4.78 is 17.8. The quantitative estimate of drug-likeness (QED) is 0.683. The van der Waals surface area contributed by atoms with Crippen molar-refractivity contribution >= 4 is 23.4 Å². The van der Waals surface area contributed by atoms with Crippen LogP contribution in [0.15, 0.2) is 58.6 Å². The molecular formula is C17H15N3O4S. The van der Waals surface area contributed by atoms with Crippen LogP contribution in [0.5, 0.6) is 11.5 Å². The number of nitrogens with zero attached hydrogens (tertiary/aromatic N) is 2. The minimum atomic E-state index is -0.114. The number of hydrogen-bond acceptors (Lipinski definition) is 6. The van der Waals surface area contributed by atoms with Crippen LogP contribution in [0.4, 0.5) is 5.69 Å². The molecular weight excluding hydrogens is 342 g/mol. The lowest BCUT2D eigenvalue weighted by Gasteiger charge is -2.07. The van der Waals surface area contributed by atoms with Crippen molar-refractivity contribution in [2.75, 3.05) is 17.9 Å². The average molecular weight is 357 g/mol. The second kappa shape index (κ2) is 6.94. The van der Waals surface area contributed by atoms with Gasteiger partial charge in [-0.25, -0.2) is 4.98 Å². The number of ether oxygens (including phenoxy) is 2. The highest BCUT2D eigenvalue weighted by Crippen LogP contribution is 2.34. The summed E-state index contributed by atoms with van der Waals surface area (Å²) in [6.45, 7) is 0.792. The molecule has 1 aliphatic rings. The predicted octanol–water partition coefficient (Wildman–Crippen LogP) is 2.98. The number of thioether (sulfide) groups is 1. The molecule has 1 amide bonds. The molecule has 1 N–H and O–H groups in total. The summed E-state index contributed by atoms with van der Waals surface area (Å²) >= 11 is 1.37. The number of hydrogen-bond donors (Lipinski definition) is 1. The second-order valence-electron chi connectivity index (χ2n) is 5.32. The Morgan fingerprint density at radius 3 is 3.08 bits per heavy atom. The van der Waals surface area contributed by atoms with E-state index in [4.69, 9.17) is 13.9 Å². The highest BCUT2D eigenvalue weighted by atomic mass is 32.2. The van der Waals surface area contributed by atoms with Gasteiger partial charge in [-0.3, -0.25) is 4.79 Å². The second-order valence-corrected chi connectivity index (χ2v) is 6.26. The molecule has 8 heteroatoms. The van der Waals surface area contributed by atoms with E-state index >= 15 is 0 Å². The zero-order chi connectivity index (χ0) is 17.1. The zero-order valence-electron chi connectivity index (χ0n) is 13.2. The molecule has 0 radical (unpaired) electrons. The van der Waals surface area contributed by atoms with Gasteiger partial charge in [0.15, 0.2) is 16.7 Å². The molecule has 3 aromatic rings. The zero-order valence-corrected chi connectivity index (χ0v) is 14.0. The summed E-state index contributed by atoms with van der Waals surface area (Å²) in [7, 11) is 0. The largest absolute Gasteiger partial charge is 0.467 e. The number of aromatic nitrogens is 2. The molecule has 0 unspecified atom stereocenters. The Kier molecular flexibility index (Phi) is 4.34. The Labute approximate surface area is 147 Å². The lowest BCUT2D eigenvalue weighted by Crippen LogP contribution is -2.14. The van der Waals surface area contributed by atoms with Crippen molar-refractivity contribution in [2.24, 2.45) is 0 Å².